The van der Waals surface area contributed by atoms with Crippen LogP contribution in [0.1, 0.15) is 42.5 Å². The van der Waals surface area contributed by atoms with Gasteiger partial charge in [-0.1, -0.05) is 24.3 Å². The predicted molar refractivity (Wildman–Crippen MR) is 136 cm³/mol. The van der Waals surface area contributed by atoms with Crippen molar-refractivity contribution in [2.75, 3.05) is 30.0 Å². The van der Waals surface area contributed by atoms with Crippen LogP contribution in [-0.2, 0) is 21.5 Å². The molecule has 2 aliphatic rings. The van der Waals surface area contributed by atoms with Gasteiger partial charge < -0.3 is 10.1 Å². The molecule has 0 aliphatic carbocycles. The van der Waals surface area contributed by atoms with Gasteiger partial charge >= 0.3 is 0 Å². The van der Waals surface area contributed by atoms with E-state index in [1.807, 2.05) is 6.08 Å². The molecule has 0 amide bonds. The summed E-state index contributed by atoms with van der Waals surface area (Å²) in [5.74, 6) is -0.0353. The molecular formula is C25H26F3N5O3S. The minimum absolute atomic E-state index is 0.0324. The number of aromatic nitrogens is 3. The van der Waals surface area contributed by atoms with Crippen LogP contribution >= 0.6 is 0 Å². The molecule has 3 aromatic rings. The van der Waals surface area contributed by atoms with Crippen LogP contribution in [0.5, 0.6) is 0 Å². The zero-order valence-electron chi connectivity index (χ0n) is 20.3. The fraction of sp³-hybridized carbons (Fsp3) is 0.400. The zero-order chi connectivity index (χ0) is 26.3. The molecule has 0 saturated carbocycles. The first-order valence-electron chi connectivity index (χ1n) is 11.8. The number of ether oxygens (including phenoxy) is 1. The van der Waals surface area contributed by atoms with Gasteiger partial charge in [0.2, 0.25) is 0 Å². The molecule has 1 saturated heterocycles. The Balaban J connectivity index is 1.51. The number of halogens is 3. The van der Waals surface area contributed by atoms with E-state index in [9.17, 15) is 22.2 Å². The zero-order valence-corrected chi connectivity index (χ0v) is 21.1. The monoisotopic (exact) mass is 533 g/mol. The molecule has 4 heterocycles. The van der Waals surface area contributed by atoms with Crippen molar-refractivity contribution in [2.45, 2.75) is 31.9 Å². The number of nitrogens with zero attached hydrogens (tertiary/aromatic N) is 4. The molecule has 2 aromatic heterocycles. The summed E-state index contributed by atoms with van der Waals surface area (Å²) in [5.41, 5.74) is 0.700. The highest BCUT2D eigenvalue weighted by molar-refractivity contribution is 7.93. The van der Waals surface area contributed by atoms with Crippen LogP contribution in [0.2, 0.25) is 0 Å². The van der Waals surface area contributed by atoms with Gasteiger partial charge in [0.05, 0.1) is 45.7 Å². The summed E-state index contributed by atoms with van der Waals surface area (Å²) in [6, 6.07) is 4.82. The lowest BCUT2D eigenvalue weighted by Gasteiger charge is -2.25. The van der Waals surface area contributed by atoms with E-state index >= 15 is 0 Å². The van der Waals surface area contributed by atoms with Gasteiger partial charge in [0.1, 0.15) is 29.7 Å². The predicted octanol–water partition coefficient (Wildman–Crippen LogP) is 4.23. The second-order valence-corrected chi connectivity index (χ2v) is 11.7. The van der Waals surface area contributed by atoms with Crippen molar-refractivity contribution in [3.05, 3.63) is 69.5 Å². The number of nitrogens with one attached hydrogen (secondary N) is 1. The van der Waals surface area contributed by atoms with Crippen LogP contribution in [0.15, 0.2) is 45.8 Å². The fourth-order valence-electron chi connectivity index (χ4n) is 4.55. The number of fused-ring (bicyclic) bond motifs is 1. The largest absolute Gasteiger partial charge is 0.377 e. The Bertz CT molecular complexity index is 1580. The number of benzene rings is 1. The van der Waals surface area contributed by atoms with Gasteiger partial charge in [-0.3, -0.25) is 9.36 Å². The molecule has 12 heteroatoms. The van der Waals surface area contributed by atoms with Crippen molar-refractivity contribution in [3.8, 4) is 0 Å². The van der Waals surface area contributed by atoms with Gasteiger partial charge in [-0.05, 0) is 25.0 Å². The van der Waals surface area contributed by atoms with Crippen molar-refractivity contribution in [1.82, 2.24) is 14.5 Å². The van der Waals surface area contributed by atoms with Gasteiger partial charge in [0.15, 0.2) is 0 Å². The first-order valence-corrected chi connectivity index (χ1v) is 13.7. The third kappa shape index (κ3) is 4.87. The van der Waals surface area contributed by atoms with Gasteiger partial charge in [-0.25, -0.2) is 31.7 Å². The molecule has 2 aliphatic heterocycles. The van der Waals surface area contributed by atoms with Crippen molar-refractivity contribution in [2.24, 2.45) is 11.4 Å². The Hall–Kier alpha value is -3.25. The van der Waals surface area contributed by atoms with Gasteiger partial charge in [-0.2, -0.15) is 0 Å². The quantitative estimate of drug-likeness (QED) is 0.509. The van der Waals surface area contributed by atoms with Crippen LogP contribution < -0.4 is 10.9 Å². The summed E-state index contributed by atoms with van der Waals surface area (Å²) < 4.78 is 65.2. The lowest BCUT2D eigenvalue weighted by molar-refractivity contribution is 0.0140. The number of hydrogen-bond donors (Lipinski definition) is 1. The van der Waals surface area contributed by atoms with E-state index in [0.29, 0.717) is 47.8 Å². The highest BCUT2D eigenvalue weighted by Crippen LogP contribution is 2.31. The molecule has 0 bridgehead atoms. The van der Waals surface area contributed by atoms with Crippen LogP contribution in [0.4, 0.5) is 19.0 Å². The van der Waals surface area contributed by atoms with Crippen molar-refractivity contribution in [3.63, 3.8) is 0 Å². The maximum atomic E-state index is 14.7. The van der Waals surface area contributed by atoms with E-state index in [0.717, 1.165) is 11.6 Å². The molecule has 5 rings (SSSR count). The summed E-state index contributed by atoms with van der Waals surface area (Å²) in [7, 11) is -0.796. The second kappa shape index (κ2) is 9.90. The molecule has 2 atom stereocenters. The molecule has 1 N–H and O–H groups in total. The van der Waals surface area contributed by atoms with Gasteiger partial charge in [0, 0.05) is 23.9 Å². The lowest BCUT2D eigenvalue weighted by Crippen LogP contribution is -2.34. The molecule has 8 nitrogen and oxygen atoms in total. The first-order chi connectivity index (χ1) is 17.7. The first kappa shape index (κ1) is 25.4. The SMILES string of the molecule is C[C@@H](Nc1ncnc2c1cc(C1=CC[S@](=O)(=NC3COC3)CC1)c(=O)n2C)c1cccc(C(F)F)c1F. The maximum Gasteiger partial charge on any atom is 0.266 e. The van der Waals surface area contributed by atoms with Crippen molar-refractivity contribution in [1.29, 1.82) is 0 Å². The third-order valence-electron chi connectivity index (χ3n) is 6.71. The molecule has 0 spiro atoms. The minimum atomic E-state index is -2.93. The van der Waals surface area contributed by atoms with Crippen LogP contribution in [-0.4, -0.2) is 49.5 Å². The van der Waals surface area contributed by atoms with Crippen LogP contribution in [0.3, 0.4) is 0 Å². The van der Waals surface area contributed by atoms with Crippen LogP contribution in [0.25, 0.3) is 16.6 Å². The van der Waals surface area contributed by atoms with Gasteiger partial charge in [0.25, 0.3) is 12.0 Å². The summed E-state index contributed by atoms with van der Waals surface area (Å²) in [4.78, 5) is 21.7. The van der Waals surface area contributed by atoms with Crippen molar-refractivity contribution >= 4 is 32.2 Å². The molecule has 1 fully saturated rings. The van der Waals surface area contributed by atoms with E-state index in [-0.39, 0.29) is 22.9 Å². The molecule has 37 heavy (non-hydrogen) atoms. The topological polar surface area (TPSA) is 98.5 Å². The standard InChI is InChI=1S/C25H26F3N5O3S/c1-14(17-4-3-5-18(21(17)26)22(27)28)31-23-20-10-19(25(34)33(2)24(20)30-13-29-23)15-6-8-37(35,9-7-15)32-16-11-36-12-16/h3-6,10,13-14,16,22H,7-9,11-12H2,1-2H3,(H,29,30,31)/t14-,37-/m1/s1. The number of allylic oxidation sites excluding steroid dienone is 1. The summed E-state index contributed by atoms with van der Waals surface area (Å²) in [6.45, 7) is 2.62. The summed E-state index contributed by atoms with van der Waals surface area (Å²) in [5, 5.41) is 3.60. The number of hydrogen-bond acceptors (Lipinski definition) is 7. The lowest BCUT2D eigenvalue weighted by atomic mass is 10.0. The third-order valence-corrected chi connectivity index (χ3v) is 8.92. The summed E-state index contributed by atoms with van der Waals surface area (Å²) >= 11 is 0. The van der Waals surface area contributed by atoms with E-state index in [4.69, 9.17) is 4.74 Å². The minimum Gasteiger partial charge on any atom is -0.377 e. The number of rotatable bonds is 6. The Morgan fingerprint density at radius 2 is 2.00 bits per heavy atom. The number of alkyl halides is 2. The Morgan fingerprint density at radius 1 is 1.24 bits per heavy atom. The Kier molecular flexibility index (Phi) is 6.80. The summed E-state index contributed by atoms with van der Waals surface area (Å²) in [6.07, 6.45) is 0.581. The molecular weight excluding hydrogens is 507 g/mol. The van der Waals surface area contributed by atoms with E-state index in [1.165, 1.54) is 23.0 Å². The Labute approximate surface area is 211 Å². The second-order valence-electron chi connectivity index (χ2n) is 9.22. The normalized spacial score (nSPS) is 21.0. The number of pyridine rings is 1. The van der Waals surface area contributed by atoms with E-state index in [1.54, 1.807) is 20.0 Å². The maximum absolute atomic E-state index is 14.7. The molecule has 0 unspecified atom stereocenters. The average Bonchev–Trinajstić information content (AvgIpc) is 2.84. The fourth-order valence-corrected chi connectivity index (χ4v) is 6.57. The highest BCUT2D eigenvalue weighted by Gasteiger charge is 2.25. The molecule has 1 aromatic carbocycles. The van der Waals surface area contributed by atoms with Crippen molar-refractivity contribution < 1.29 is 22.1 Å². The van der Waals surface area contributed by atoms with E-state index in [2.05, 4.69) is 19.6 Å². The van der Waals surface area contributed by atoms with Crippen LogP contribution in [0, 0.1) is 5.82 Å². The Morgan fingerprint density at radius 3 is 2.65 bits per heavy atom. The molecule has 196 valence electrons. The highest BCUT2D eigenvalue weighted by atomic mass is 32.2. The molecule has 0 radical (unpaired) electrons. The number of aryl methyl sites for hydroxylation is 1. The van der Waals surface area contributed by atoms with E-state index < -0.39 is 33.6 Å². The smallest absolute Gasteiger partial charge is 0.266 e. The van der Waals surface area contributed by atoms with Gasteiger partial charge in [-0.15, -0.1) is 0 Å². The average molecular weight is 534 g/mol. The number of anilines is 1.